The van der Waals surface area contributed by atoms with E-state index >= 15 is 0 Å². The molecule has 0 fully saturated rings. The molecule has 0 saturated heterocycles. The number of benzene rings is 1. The van der Waals surface area contributed by atoms with E-state index in [9.17, 15) is 12.8 Å². The standard InChI is InChI=1S/C11H10FNO2S2/c12-10-6-8(13)3-4-11(10)17(14,15)7-9-2-1-5-16-9/h1-6H,7,13H2. The van der Waals surface area contributed by atoms with Gasteiger partial charge in [0.15, 0.2) is 9.84 Å². The normalized spacial score (nSPS) is 11.6. The summed E-state index contributed by atoms with van der Waals surface area (Å²) in [5.41, 5.74) is 5.58. The summed E-state index contributed by atoms with van der Waals surface area (Å²) in [5, 5.41) is 1.78. The minimum Gasteiger partial charge on any atom is -0.399 e. The fraction of sp³-hybridized carbons (Fsp3) is 0.0909. The van der Waals surface area contributed by atoms with Crippen LogP contribution < -0.4 is 5.73 Å². The van der Waals surface area contributed by atoms with Gasteiger partial charge in [-0.05, 0) is 29.6 Å². The van der Waals surface area contributed by atoms with Gasteiger partial charge < -0.3 is 5.73 Å². The van der Waals surface area contributed by atoms with Crippen molar-refractivity contribution < 1.29 is 12.8 Å². The van der Waals surface area contributed by atoms with Gasteiger partial charge in [0, 0.05) is 10.6 Å². The predicted octanol–water partition coefficient (Wildman–Crippen LogP) is 2.44. The van der Waals surface area contributed by atoms with E-state index in [-0.39, 0.29) is 16.3 Å². The molecule has 1 aromatic heterocycles. The van der Waals surface area contributed by atoms with Crippen molar-refractivity contribution in [2.75, 3.05) is 5.73 Å². The van der Waals surface area contributed by atoms with Gasteiger partial charge in [-0.15, -0.1) is 11.3 Å². The van der Waals surface area contributed by atoms with Crippen LogP contribution >= 0.6 is 11.3 Å². The minimum atomic E-state index is -3.65. The van der Waals surface area contributed by atoms with Crippen molar-refractivity contribution in [1.29, 1.82) is 0 Å². The van der Waals surface area contributed by atoms with Gasteiger partial charge in [-0.3, -0.25) is 0 Å². The maximum Gasteiger partial charge on any atom is 0.186 e. The topological polar surface area (TPSA) is 60.2 Å². The second-order valence-corrected chi connectivity index (χ2v) is 6.52. The highest BCUT2D eigenvalue weighted by Gasteiger charge is 2.20. The fourth-order valence-corrected chi connectivity index (χ4v) is 3.91. The van der Waals surface area contributed by atoms with Crippen molar-refractivity contribution in [3.8, 4) is 0 Å². The lowest BCUT2D eigenvalue weighted by molar-refractivity contribution is 0.567. The van der Waals surface area contributed by atoms with Crippen LogP contribution in [0.4, 0.5) is 10.1 Å². The van der Waals surface area contributed by atoms with Gasteiger partial charge in [-0.25, -0.2) is 12.8 Å². The first-order valence-electron chi connectivity index (χ1n) is 4.79. The first-order valence-corrected chi connectivity index (χ1v) is 7.32. The Morgan fingerprint density at radius 3 is 2.65 bits per heavy atom. The first kappa shape index (κ1) is 12.1. The van der Waals surface area contributed by atoms with E-state index in [2.05, 4.69) is 0 Å². The second kappa shape index (κ2) is 4.46. The van der Waals surface area contributed by atoms with Gasteiger partial charge in [0.05, 0.1) is 5.75 Å². The Kier molecular flexibility index (Phi) is 3.17. The molecule has 0 bridgehead atoms. The molecular weight excluding hydrogens is 261 g/mol. The van der Waals surface area contributed by atoms with Crippen LogP contribution in [0.25, 0.3) is 0 Å². The Morgan fingerprint density at radius 2 is 2.06 bits per heavy atom. The van der Waals surface area contributed by atoms with Crippen molar-refractivity contribution in [1.82, 2.24) is 0 Å². The van der Waals surface area contributed by atoms with Crippen LogP contribution in [0.5, 0.6) is 0 Å². The van der Waals surface area contributed by atoms with Gasteiger partial charge in [-0.1, -0.05) is 6.07 Å². The van der Waals surface area contributed by atoms with E-state index in [0.717, 1.165) is 6.07 Å². The monoisotopic (exact) mass is 271 g/mol. The van der Waals surface area contributed by atoms with Crippen LogP contribution in [-0.4, -0.2) is 8.42 Å². The zero-order valence-electron chi connectivity index (χ0n) is 8.76. The highest BCUT2D eigenvalue weighted by atomic mass is 32.2. The third-order valence-corrected chi connectivity index (χ3v) is 4.95. The molecule has 2 N–H and O–H groups in total. The molecule has 17 heavy (non-hydrogen) atoms. The molecule has 0 spiro atoms. The van der Waals surface area contributed by atoms with E-state index < -0.39 is 15.7 Å². The average Bonchev–Trinajstić information content (AvgIpc) is 2.68. The third-order valence-electron chi connectivity index (χ3n) is 2.20. The highest BCUT2D eigenvalue weighted by molar-refractivity contribution is 7.90. The lowest BCUT2D eigenvalue weighted by Gasteiger charge is -2.05. The second-order valence-electron chi connectivity index (χ2n) is 3.53. The number of rotatable bonds is 3. The minimum absolute atomic E-state index is 0.189. The molecule has 6 heteroatoms. The lowest BCUT2D eigenvalue weighted by atomic mass is 10.3. The summed E-state index contributed by atoms with van der Waals surface area (Å²) in [7, 11) is -3.65. The summed E-state index contributed by atoms with van der Waals surface area (Å²) in [6.07, 6.45) is 0. The summed E-state index contributed by atoms with van der Waals surface area (Å²) in [6, 6.07) is 7.06. The van der Waals surface area contributed by atoms with Crippen molar-refractivity contribution in [3.63, 3.8) is 0 Å². The van der Waals surface area contributed by atoms with Crippen LogP contribution in [0.2, 0.25) is 0 Å². The summed E-state index contributed by atoms with van der Waals surface area (Å²) in [5.74, 6) is -0.993. The molecule has 2 aromatic rings. The highest BCUT2D eigenvalue weighted by Crippen LogP contribution is 2.23. The summed E-state index contributed by atoms with van der Waals surface area (Å²) < 4.78 is 37.4. The van der Waals surface area contributed by atoms with Crippen LogP contribution in [-0.2, 0) is 15.6 Å². The number of anilines is 1. The molecule has 90 valence electrons. The van der Waals surface area contributed by atoms with Gasteiger partial charge in [-0.2, -0.15) is 0 Å². The van der Waals surface area contributed by atoms with Crippen molar-refractivity contribution in [3.05, 3.63) is 46.4 Å². The van der Waals surface area contributed by atoms with E-state index in [1.807, 2.05) is 0 Å². The van der Waals surface area contributed by atoms with E-state index in [1.165, 1.54) is 23.5 Å². The van der Waals surface area contributed by atoms with Crippen LogP contribution in [0.15, 0.2) is 40.6 Å². The average molecular weight is 271 g/mol. The maximum atomic E-state index is 13.5. The fourth-order valence-electron chi connectivity index (χ4n) is 1.43. The van der Waals surface area contributed by atoms with Gasteiger partial charge in [0.1, 0.15) is 10.7 Å². The molecule has 0 aliphatic heterocycles. The largest absolute Gasteiger partial charge is 0.399 e. The Bertz CT molecular complexity index is 621. The molecule has 0 amide bonds. The number of thiophene rings is 1. The van der Waals surface area contributed by atoms with Crippen molar-refractivity contribution in [2.45, 2.75) is 10.6 Å². The lowest BCUT2D eigenvalue weighted by Crippen LogP contribution is -2.06. The van der Waals surface area contributed by atoms with Gasteiger partial charge in [0.25, 0.3) is 0 Å². The van der Waals surface area contributed by atoms with Crippen LogP contribution in [0.3, 0.4) is 0 Å². The Hall–Kier alpha value is -1.40. The van der Waals surface area contributed by atoms with E-state index in [0.29, 0.717) is 4.88 Å². The Morgan fingerprint density at radius 1 is 1.29 bits per heavy atom. The number of nitrogens with two attached hydrogens (primary N) is 1. The number of sulfone groups is 1. The summed E-state index contributed by atoms with van der Waals surface area (Å²) in [6.45, 7) is 0. The zero-order chi connectivity index (χ0) is 12.5. The van der Waals surface area contributed by atoms with Crippen molar-refractivity contribution >= 4 is 26.9 Å². The summed E-state index contributed by atoms with van der Waals surface area (Å²) >= 11 is 1.33. The van der Waals surface area contributed by atoms with Gasteiger partial charge in [0.2, 0.25) is 0 Å². The van der Waals surface area contributed by atoms with Crippen LogP contribution in [0, 0.1) is 5.82 Å². The zero-order valence-corrected chi connectivity index (χ0v) is 10.4. The molecule has 0 aliphatic rings. The van der Waals surface area contributed by atoms with E-state index in [1.54, 1.807) is 17.5 Å². The SMILES string of the molecule is Nc1ccc(S(=O)(=O)Cc2cccs2)c(F)c1. The molecule has 2 rings (SSSR count). The third kappa shape index (κ3) is 2.65. The van der Waals surface area contributed by atoms with Crippen molar-refractivity contribution in [2.24, 2.45) is 0 Å². The molecule has 0 unspecified atom stereocenters. The molecule has 3 nitrogen and oxygen atoms in total. The number of hydrogen-bond donors (Lipinski definition) is 1. The predicted molar refractivity (Wildman–Crippen MR) is 66.0 cm³/mol. The molecule has 0 saturated carbocycles. The number of halogens is 1. The molecule has 0 atom stereocenters. The molecule has 1 aromatic carbocycles. The quantitative estimate of drug-likeness (QED) is 0.872. The Balaban J connectivity index is 2.38. The Labute approximate surface area is 103 Å². The maximum absolute atomic E-state index is 13.5. The smallest absolute Gasteiger partial charge is 0.186 e. The van der Waals surface area contributed by atoms with E-state index in [4.69, 9.17) is 5.73 Å². The number of hydrogen-bond acceptors (Lipinski definition) is 4. The first-order chi connectivity index (χ1) is 7.99. The molecule has 1 heterocycles. The van der Waals surface area contributed by atoms with Crippen LogP contribution in [0.1, 0.15) is 4.88 Å². The molecule has 0 aliphatic carbocycles. The number of nitrogen functional groups attached to an aromatic ring is 1. The molecule has 0 radical (unpaired) electrons. The molecular formula is C11H10FNO2S2. The summed E-state index contributed by atoms with van der Waals surface area (Å²) in [4.78, 5) is 0.376. The van der Waals surface area contributed by atoms with Gasteiger partial charge >= 0.3 is 0 Å².